The first-order valence-electron chi connectivity index (χ1n) is 4.04. The third-order valence-corrected chi connectivity index (χ3v) is 3.26. The van der Waals surface area contributed by atoms with Crippen LogP contribution in [0.3, 0.4) is 0 Å². The molecule has 0 aliphatic heterocycles. The first kappa shape index (κ1) is 9.39. The van der Waals surface area contributed by atoms with Crippen LogP contribution in [0.5, 0.6) is 0 Å². The SMILES string of the molecule is CN(C)C1(C=O)C(C=O)C1(C)C. The van der Waals surface area contributed by atoms with Crippen LogP contribution in [0.4, 0.5) is 0 Å². The summed E-state index contributed by atoms with van der Waals surface area (Å²) in [7, 11) is 3.67. The van der Waals surface area contributed by atoms with Crippen LogP contribution in [-0.4, -0.2) is 37.1 Å². The molecule has 0 saturated heterocycles. The quantitative estimate of drug-likeness (QED) is 0.572. The van der Waals surface area contributed by atoms with E-state index in [4.69, 9.17) is 0 Å². The summed E-state index contributed by atoms with van der Waals surface area (Å²) < 4.78 is 0. The molecule has 3 heteroatoms. The van der Waals surface area contributed by atoms with E-state index in [1.54, 1.807) is 0 Å². The lowest BCUT2D eigenvalue weighted by molar-refractivity contribution is -0.116. The van der Waals surface area contributed by atoms with Gasteiger partial charge in [-0.05, 0) is 14.1 Å². The molecule has 0 aromatic rings. The maximum absolute atomic E-state index is 10.9. The van der Waals surface area contributed by atoms with Crippen molar-refractivity contribution in [3.63, 3.8) is 0 Å². The Labute approximate surface area is 72.7 Å². The van der Waals surface area contributed by atoms with Crippen LogP contribution in [0.2, 0.25) is 0 Å². The second-order valence-corrected chi connectivity index (χ2v) is 4.17. The molecule has 0 aromatic heterocycles. The molecule has 0 heterocycles. The van der Waals surface area contributed by atoms with Crippen molar-refractivity contribution in [3.8, 4) is 0 Å². The number of carbonyl (C=O) groups excluding carboxylic acids is 2. The monoisotopic (exact) mass is 169 g/mol. The summed E-state index contributed by atoms with van der Waals surface area (Å²) in [6, 6.07) is 0. The van der Waals surface area contributed by atoms with Gasteiger partial charge < -0.3 is 9.59 Å². The molecule has 0 spiro atoms. The lowest BCUT2D eigenvalue weighted by Gasteiger charge is -2.21. The third kappa shape index (κ3) is 0.746. The summed E-state index contributed by atoms with van der Waals surface area (Å²) in [6.07, 6.45) is 1.78. The van der Waals surface area contributed by atoms with Crippen LogP contribution >= 0.6 is 0 Å². The fourth-order valence-corrected chi connectivity index (χ4v) is 2.27. The largest absolute Gasteiger partial charge is 0.303 e. The Kier molecular flexibility index (Phi) is 1.87. The van der Waals surface area contributed by atoms with Gasteiger partial charge in [-0.25, -0.2) is 0 Å². The highest BCUT2D eigenvalue weighted by Gasteiger charge is 2.73. The predicted octanol–water partition coefficient (Wildman–Crippen LogP) is 0.341. The molecule has 0 radical (unpaired) electrons. The Morgan fingerprint density at radius 1 is 1.25 bits per heavy atom. The molecule has 0 amide bonds. The Balaban J connectivity index is 3.00. The second-order valence-electron chi connectivity index (χ2n) is 4.17. The van der Waals surface area contributed by atoms with Crippen LogP contribution in [0, 0.1) is 11.3 Å². The molecule has 1 aliphatic carbocycles. The summed E-state index contributed by atoms with van der Waals surface area (Å²) in [4.78, 5) is 23.4. The summed E-state index contributed by atoms with van der Waals surface area (Å²) in [5.41, 5.74) is -0.769. The Morgan fingerprint density at radius 3 is 1.83 bits per heavy atom. The van der Waals surface area contributed by atoms with E-state index in [1.165, 1.54) is 0 Å². The highest BCUT2D eigenvalue weighted by atomic mass is 16.1. The molecule has 1 fully saturated rings. The van der Waals surface area contributed by atoms with E-state index in [1.807, 2.05) is 32.8 Å². The van der Waals surface area contributed by atoms with Gasteiger partial charge in [0.1, 0.15) is 12.6 Å². The highest BCUT2D eigenvalue weighted by Crippen LogP contribution is 2.61. The number of likely N-dealkylation sites (N-methyl/N-ethyl adjacent to an activating group) is 1. The zero-order valence-electron chi connectivity index (χ0n) is 8.00. The molecule has 1 rings (SSSR count). The van der Waals surface area contributed by atoms with Gasteiger partial charge in [0.25, 0.3) is 0 Å². The van der Waals surface area contributed by atoms with Gasteiger partial charge >= 0.3 is 0 Å². The molecule has 0 bridgehead atoms. The number of hydrogen-bond donors (Lipinski definition) is 0. The van der Waals surface area contributed by atoms with E-state index in [0.717, 1.165) is 12.6 Å². The fourth-order valence-electron chi connectivity index (χ4n) is 2.27. The molecular formula is C9H15NO2. The summed E-state index contributed by atoms with van der Waals surface area (Å²) >= 11 is 0. The van der Waals surface area contributed by atoms with Crippen LogP contribution in [0.25, 0.3) is 0 Å². The van der Waals surface area contributed by atoms with Gasteiger partial charge in [0.05, 0.1) is 5.54 Å². The van der Waals surface area contributed by atoms with Gasteiger partial charge in [-0.3, -0.25) is 4.90 Å². The molecule has 2 unspecified atom stereocenters. The van der Waals surface area contributed by atoms with Crippen molar-refractivity contribution in [1.82, 2.24) is 4.90 Å². The molecule has 1 aliphatic rings. The van der Waals surface area contributed by atoms with Gasteiger partial charge in [0.15, 0.2) is 0 Å². The molecular weight excluding hydrogens is 154 g/mol. The molecule has 12 heavy (non-hydrogen) atoms. The summed E-state index contributed by atoms with van der Waals surface area (Å²) in [5, 5.41) is 0. The maximum atomic E-state index is 10.9. The van der Waals surface area contributed by atoms with E-state index in [-0.39, 0.29) is 11.3 Å². The van der Waals surface area contributed by atoms with Gasteiger partial charge in [-0.15, -0.1) is 0 Å². The number of nitrogens with zero attached hydrogens (tertiary/aromatic N) is 1. The van der Waals surface area contributed by atoms with Crippen LogP contribution in [-0.2, 0) is 9.59 Å². The number of carbonyl (C=O) groups is 2. The van der Waals surface area contributed by atoms with E-state index < -0.39 is 5.54 Å². The van der Waals surface area contributed by atoms with Gasteiger partial charge in [-0.2, -0.15) is 0 Å². The van der Waals surface area contributed by atoms with Gasteiger partial charge in [0, 0.05) is 11.3 Å². The van der Waals surface area contributed by atoms with E-state index >= 15 is 0 Å². The van der Waals surface area contributed by atoms with Crippen molar-refractivity contribution < 1.29 is 9.59 Å². The van der Waals surface area contributed by atoms with Crippen molar-refractivity contribution in [2.24, 2.45) is 11.3 Å². The molecule has 0 N–H and O–H groups in total. The topological polar surface area (TPSA) is 37.4 Å². The highest BCUT2D eigenvalue weighted by molar-refractivity contribution is 5.84. The third-order valence-electron chi connectivity index (χ3n) is 3.26. The zero-order valence-corrected chi connectivity index (χ0v) is 8.00. The Hall–Kier alpha value is -0.700. The standard InChI is InChI=1S/C9H15NO2/c1-8(2)7(5-11)9(8,6-12)10(3)4/h5-7H,1-4H3. The molecule has 2 atom stereocenters. The van der Waals surface area contributed by atoms with Crippen LogP contribution in [0.1, 0.15) is 13.8 Å². The van der Waals surface area contributed by atoms with Crippen molar-refractivity contribution in [3.05, 3.63) is 0 Å². The first-order chi connectivity index (χ1) is 5.45. The average Bonchev–Trinajstić information content (AvgIpc) is 2.47. The predicted molar refractivity (Wildman–Crippen MR) is 45.8 cm³/mol. The van der Waals surface area contributed by atoms with Crippen molar-refractivity contribution in [1.29, 1.82) is 0 Å². The molecule has 0 aromatic carbocycles. The smallest absolute Gasteiger partial charge is 0.141 e. The zero-order chi connectivity index (χ0) is 9.57. The number of hydrogen-bond acceptors (Lipinski definition) is 3. The van der Waals surface area contributed by atoms with Crippen molar-refractivity contribution in [2.75, 3.05) is 14.1 Å². The summed E-state index contributed by atoms with van der Waals surface area (Å²) in [5.74, 6) is -0.155. The molecule has 3 nitrogen and oxygen atoms in total. The minimum absolute atomic E-state index is 0.155. The minimum Gasteiger partial charge on any atom is -0.303 e. The Morgan fingerprint density at radius 2 is 1.75 bits per heavy atom. The van der Waals surface area contributed by atoms with Crippen LogP contribution in [0.15, 0.2) is 0 Å². The number of rotatable bonds is 3. The molecule has 1 saturated carbocycles. The van der Waals surface area contributed by atoms with Crippen molar-refractivity contribution >= 4 is 12.6 Å². The first-order valence-corrected chi connectivity index (χ1v) is 4.04. The maximum Gasteiger partial charge on any atom is 0.141 e. The lowest BCUT2D eigenvalue weighted by Crippen LogP contribution is -2.37. The van der Waals surface area contributed by atoms with Gasteiger partial charge in [-0.1, -0.05) is 13.8 Å². The lowest BCUT2D eigenvalue weighted by atomic mass is 10.1. The Bertz CT molecular complexity index is 223. The minimum atomic E-state index is -0.561. The van der Waals surface area contributed by atoms with E-state index in [2.05, 4.69) is 0 Å². The normalized spacial score (nSPS) is 37.9. The second kappa shape index (κ2) is 2.39. The van der Waals surface area contributed by atoms with E-state index in [9.17, 15) is 9.59 Å². The van der Waals surface area contributed by atoms with Gasteiger partial charge in [0.2, 0.25) is 0 Å². The average molecular weight is 169 g/mol. The van der Waals surface area contributed by atoms with Crippen molar-refractivity contribution in [2.45, 2.75) is 19.4 Å². The van der Waals surface area contributed by atoms with E-state index in [0.29, 0.717) is 0 Å². The number of aldehydes is 2. The summed E-state index contributed by atoms with van der Waals surface area (Å²) in [6.45, 7) is 3.89. The molecule has 68 valence electrons. The fraction of sp³-hybridized carbons (Fsp3) is 0.778. The van der Waals surface area contributed by atoms with Crippen LogP contribution < -0.4 is 0 Å².